The van der Waals surface area contributed by atoms with Crippen molar-refractivity contribution < 1.29 is 4.79 Å². The van der Waals surface area contributed by atoms with E-state index < -0.39 is 0 Å². The van der Waals surface area contributed by atoms with E-state index >= 15 is 0 Å². The molecular formula is C19H25N5O. The number of anilines is 1. The van der Waals surface area contributed by atoms with Crippen LogP contribution in [0.4, 0.5) is 5.82 Å². The van der Waals surface area contributed by atoms with Gasteiger partial charge < -0.3 is 14.8 Å². The van der Waals surface area contributed by atoms with Gasteiger partial charge in [0.1, 0.15) is 11.6 Å². The summed E-state index contributed by atoms with van der Waals surface area (Å²) in [5, 5.41) is 3.05. The van der Waals surface area contributed by atoms with E-state index in [0.29, 0.717) is 18.9 Å². The van der Waals surface area contributed by atoms with Crippen LogP contribution in [0.25, 0.3) is 0 Å². The van der Waals surface area contributed by atoms with Crippen molar-refractivity contribution in [2.45, 2.75) is 45.7 Å². The van der Waals surface area contributed by atoms with Crippen LogP contribution in [0.1, 0.15) is 36.5 Å². The summed E-state index contributed by atoms with van der Waals surface area (Å²) >= 11 is 0. The summed E-state index contributed by atoms with van der Waals surface area (Å²) < 4.78 is 2.26. The predicted octanol–water partition coefficient (Wildman–Crippen LogP) is 2.07. The molecule has 0 saturated heterocycles. The maximum atomic E-state index is 11.9. The first-order valence-electron chi connectivity index (χ1n) is 9.17. The van der Waals surface area contributed by atoms with E-state index in [4.69, 9.17) is 0 Å². The number of carbonyl (C=O) groups excluding carboxylic acids is 1. The summed E-state index contributed by atoms with van der Waals surface area (Å²) in [6, 6.07) is 6.15. The quantitative estimate of drug-likeness (QED) is 0.906. The molecule has 1 N–H and O–H groups in total. The van der Waals surface area contributed by atoms with Gasteiger partial charge in [0.15, 0.2) is 0 Å². The molecule has 3 heterocycles. The van der Waals surface area contributed by atoms with Crippen LogP contribution in [0.2, 0.25) is 0 Å². The van der Waals surface area contributed by atoms with Gasteiger partial charge in [-0.05, 0) is 37.8 Å². The first kappa shape index (κ1) is 16.1. The molecule has 6 heteroatoms. The second-order valence-electron chi connectivity index (χ2n) is 7.12. The molecule has 0 spiro atoms. The molecule has 0 radical (unpaired) electrons. The molecule has 2 aromatic rings. The zero-order valence-electron chi connectivity index (χ0n) is 14.7. The number of nitrogens with one attached hydrogen (secondary N) is 1. The van der Waals surface area contributed by atoms with Crippen LogP contribution in [-0.4, -0.2) is 33.5 Å². The molecule has 0 aromatic carbocycles. The third kappa shape index (κ3) is 3.83. The molecule has 132 valence electrons. The van der Waals surface area contributed by atoms with Gasteiger partial charge in [-0.3, -0.25) is 4.79 Å². The molecule has 4 rings (SSSR count). The molecule has 1 aliphatic heterocycles. The van der Waals surface area contributed by atoms with E-state index in [1.54, 1.807) is 0 Å². The number of pyridine rings is 1. The zero-order chi connectivity index (χ0) is 17.2. The van der Waals surface area contributed by atoms with Crippen LogP contribution in [0.15, 0.2) is 24.4 Å². The summed E-state index contributed by atoms with van der Waals surface area (Å²) in [6.45, 7) is 5.29. The van der Waals surface area contributed by atoms with Crippen molar-refractivity contribution in [2.75, 3.05) is 18.0 Å². The van der Waals surface area contributed by atoms with Crippen molar-refractivity contribution in [1.29, 1.82) is 0 Å². The Balaban J connectivity index is 1.40. The molecule has 1 aliphatic carbocycles. The average molecular weight is 339 g/mol. The maximum absolute atomic E-state index is 11.9. The van der Waals surface area contributed by atoms with Gasteiger partial charge in [0.25, 0.3) is 0 Å². The first-order valence-corrected chi connectivity index (χ1v) is 9.17. The molecule has 6 nitrogen and oxygen atoms in total. The summed E-state index contributed by atoms with van der Waals surface area (Å²) in [6.07, 6.45) is 5.89. The normalized spacial score (nSPS) is 17.1. The van der Waals surface area contributed by atoms with Gasteiger partial charge in [0.05, 0.1) is 18.4 Å². The van der Waals surface area contributed by atoms with Gasteiger partial charge in [-0.15, -0.1) is 0 Å². The first-order chi connectivity index (χ1) is 12.2. The molecule has 0 bridgehead atoms. The van der Waals surface area contributed by atoms with Crippen molar-refractivity contribution in [2.24, 2.45) is 5.92 Å². The lowest BCUT2D eigenvalue weighted by molar-refractivity contribution is -0.121. The number of rotatable bonds is 5. The summed E-state index contributed by atoms with van der Waals surface area (Å²) in [5.41, 5.74) is 2.14. The smallest absolute Gasteiger partial charge is 0.220 e. The molecule has 0 unspecified atom stereocenters. The number of fused-ring (bicyclic) bond motifs is 1. The fourth-order valence-corrected chi connectivity index (χ4v) is 3.41. The minimum atomic E-state index is 0.164. The molecule has 2 aromatic heterocycles. The number of amides is 1. The Kier molecular flexibility index (Phi) is 4.42. The Morgan fingerprint density at radius 2 is 2.16 bits per heavy atom. The van der Waals surface area contributed by atoms with Gasteiger partial charge in [0.2, 0.25) is 5.91 Å². The third-order valence-electron chi connectivity index (χ3n) is 5.06. The van der Waals surface area contributed by atoms with Crippen molar-refractivity contribution in [3.63, 3.8) is 0 Å². The zero-order valence-corrected chi connectivity index (χ0v) is 14.7. The molecular weight excluding hydrogens is 314 g/mol. The van der Waals surface area contributed by atoms with E-state index in [-0.39, 0.29) is 5.91 Å². The molecule has 2 aliphatic rings. The number of aryl methyl sites for hydroxylation is 1. The van der Waals surface area contributed by atoms with E-state index in [1.165, 1.54) is 12.8 Å². The highest BCUT2D eigenvalue weighted by Crippen LogP contribution is 2.32. The molecule has 1 fully saturated rings. The van der Waals surface area contributed by atoms with Crippen LogP contribution in [0.3, 0.4) is 0 Å². The second kappa shape index (κ2) is 6.86. The van der Waals surface area contributed by atoms with E-state index in [0.717, 1.165) is 49.1 Å². The predicted molar refractivity (Wildman–Crippen MR) is 96.3 cm³/mol. The Bertz CT molecular complexity index is 765. The lowest BCUT2D eigenvalue weighted by atomic mass is 10.3. The Labute approximate surface area is 148 Å². The lowest BCUT2D eigenvalue weighted by Gasteiger charge is -2.21. The minimum Gasteiger partial charge on any atom is -0.354 e. The van der Waals surface area contributed by atoms with Gasteiger partial charge in [-0.1, -0.05) is 6.07 Å². The summed E-state index contributed by atoms with van der Waals surface area (Å²) in [7, 11) is 0. The summed E-state index contributed by atoms with van der Waals surface area (Å²) in [4.78, 5) is 23.5. The number of nitrogens with zero attached hydrogens (tertiary/aromatic N) is 4. The third-order valence-corrected chi connectivity index (χ3v) is 5.06. The molecule has 1 amide bonds. The van der Waals surface area contributed by atoms with Crippen molar-refractivity contribution in [3.8, 4) is 0 Å². The fraction of sp³-hybridized carbons (Fsp3) is 0.526. The Morgan fingerprint density at radius 1 is 1.28 bits per heavy atom. The SMILES string of the molecule is Cc1cccc(N2CCc3ncc(CNC(=O)CC4CC4)n3CC2)n1. The number of aromatic nitrogens is 3. The molecule has 1 saturated carbocycles. The monoisotopic (exact) mass is 339 g/mol. The van der Waals surface area contributed by atoms with Crippen molar-refractivity contribution >= 4 is 11.7 Å². The second-order valence-corrected chi connectivity index (χ2v) is 7.12. The van der Waals surface area contributed by atoms with E-state index in [2.05, 4.69) is 36.9 Å². The maximum Gasteiger partial charge on any atom is 0.220 e. The van der Waals surface area contributed by atoms with Crippen LogP contribution < -0.4 is 10.2 Å². The van der Waals surface area contributed by atoms with E-state index in [1.807, 2.05) is 19.2 Å². The number of imidazole rings is 1. The highest BCUT2D eigenvalue weighted by Gasteiger charge is 2.24. The highest BCUT2D eigenvalue weighted by molar-refractivity contribution is 5.76. The van der Waals surface area contributed by atoms with Gasteiger partial charge >= 0.3 is 0 Å². The standard InChI is InChI=1S/C19H25N5O/c1-14-3-2-4-18(22-14)23-8-7-17-20-12-16(24(17)10-9-23)13-21-19(25)11-15-5-6-15/h2-4,12,15H,5-11,13H2,1H3,(H,21,25). The van der Waals surface area contributed by atoms with Crippen LogP contribution in [0, 0.1) is 12.8 Å². The van der Waals surface area contributed by atoms with E-state index in [9.17, 15) is 4.79 Å². The minimum absolute atomic E-state index is 0.164. The largest absolute Gasteiger partial charge is 0.354 e. The van der Waals surface area contributed by atoms with Crippen molar-refractivity contribution in [3.05, 3.63) is 41.6 Å². The van der Waals surface area contributed by atoms with Crippen molar-refractivity contribution in [1.82, 2.24) is 19.9 Å². The Hall–Kier alpha value is -2.37. The van der Waals surface area contributed by atoms with Crippen LogP contribution in [-0.2, 0) is 24.3 Å². The molecule has 25 heavy (non-hydrogen) atoms. The topological polar surface area (TPSA) is 63.1 Å². The number of carbonyl (C=O) groups is 1. The highest BCUT2D eigenvalue weighted by atomic mass is 16.1. The Morgan fingerprint density at radius 3 is 2.96 bits per heavy atom. The van der Waals surface area contributed by atoms with Gasteiger partial charge in [0, 0.05) is 38.2 Å². The fourth-order valence-electron chi connectivity index (χ4n) is 3.41. The van der Waals surface area contributed by atoms with Gasteiger partial charge in [-0.25, -0.2) is 9.97 Å². The number of hydrogen-bond donors (Lipinski definition) is 1. The summed E-state index contributed by atoms with van der Waals surface area (Å²) in [5.74, 6) is 2.92. The number of hydrogen-bond acceptors (Lipinski definition) is 4. The van der Waals surface area contributed by atoms with Crippen LogP contribution in [0.5, 0.6) is 0 Å². The van der Waals surface area contributed by atoms with Crippen LogP contribution >= 0.6 is 0 Å². The van der Waals surface area contributed by atoms with Gasteiger partial charge in [-0.2, -0.15) is 0 Å². The lowest BCUT2D eigenvalue weighted by Crippen LogP contribution is -2.28. The molecule has 0 atom stereocenters. The average Bonchev–Trinajstić information content (AvgIpc) is 3.37.